The van der Waals surface area contributed by atoms with E-state index >= 15 is 0 Å². The summed E-state index contributed by atoms with van der Waals surface area (Å²) >= 11 is 0. The number of hydrogen-bond donors (Lipinski definition) is 0. The Morgan fingerprint density at radius 1 is 1.11 bits per heavy atom. The Morgan fingerprint density at radius 3 is 2.16 bits per heavy atom. The zero-order chi connectivity index (χ0) is 14.0. The maximum Gasteiger partial charge on any atom is 0.225 e. The molecular formula is C17H31NO. The normalized spacial score (nSPS) is 31.8. The molecule has 0 aromatic heterocycles. The van der Waals surface area contributed by atoms with Crippen LogP contribution < -0.4 is 0 Å². The number of piperidine rings is 1. The van der Waals surface area contributed by atoms with E-state index in [2.05, 4.69) is 18.7 Å². The maximum atomic E-state index is 11.9. The predicted molar refractivity (Wildman–Crippen MR) is 79.8 cm³/mol. The van der Waals surface area contributed by atoms with E-state index in [0.29, 0.717) is 5.91 Å². The number of amides is 1. The van der Waals surface area contributed by atoms with Gasteiger partial charge in [-0.05, 0) is 42.9 Å². The van der Waals surface area contributed by atoms with Crippen LogP contribution in [-0.2, 0) is 4.79 Å². The first-order valence-corrected chi connectivity index (χ1v) is 8.29. The van der Waals surface area contributed by atoms with Crippen molar-refractivity contribution in [2.75, 3.05) is 13.1 Å². The molecule has 2 heteroatoms. The van der Waals surface area contributed by atoms with Crippen LogP contribution in [0.5, 0.6) is 0 Å². The van der Waals surface area contributed by atoms with Crippen molar-refractivity contribution < 1.29 is 4.79 Å². The molecule has 0 spiro atoms. The third-order valence-corrected chi connectivity index (χ3v) is 5.61. The summed E-state index contributed by atoms with van der Waals surface area (Å²) in [5.41, 5.74) is 0. The summed E-state index contributed by atoms with van der Waals surface area (Å²) in [6, 6.07) is 0. The zero-order valence-corrected chi connectivity index (χ0v) is 13.2. The second-order valence-electron chi connectivity index (χ2n) is 7.24. The first-order valence-electron chi connectivity index (χ1n) is 8.29. The fraction of sp³-hybridized carbons (Fsp3) is 0.941. The van der Waals surface area contributed by atoms with Crippen molar-refractivity contribution in [1.29, 1.82) is 0 Å². The summed E-state index contributed by atoms with van der Waals surface area (Å²) in [5, 5.41) is 0. The number of likely N-dealkylation sites (tertiary alicyclic amines) is 1. The lowest BCUT2D eigenvalue weighted by Gasteiger charge is -2.33. The van der Waals surface area contributed by atoms with Crippen molar-refractivity contribution >= 4 is 5.91 Å². The fourth-order valence-electron chi connectivity index (χ4n) is 3.74. The summed E-state index contributed by atoms with van der Waals surface area (Å²) in [6.07, 6.45) is 6.69. The van der Waals surface area contributed by atoms with Crippen LogP contribution in [0, 0.1) is 29.6 Å². The lowest BCUT2D eigenvalue weighted by atomic mass is 9.90. The van der Waals surface area contributed by atoms with E-state index in [0.717, 1.165) is 36.8 Å². The van der Waals surface area contributed by atoms with Crippen molar-refractivity contribution in [1.82, 2.24) is 4.90 Å². The molecule has 0 radical (unpaired) electrons. The van der Waals surface area contributed by atoms with Gasteiger partial charge in [0, 0.05) is 19.0 Å². The Hall–Kier alpha value is -0.530. The van der Waals surface area contributed by atoms with Gasteiger partial charge in [-0.3, -0.25) is 4.79 Å². The summed E-state index contributed by atoms with van der Waals surface area (Å²) in [5.74, 6) is 4.35. The lowest BCUT2D eigenvalue weighted by Crippen LogP contribution is -2.40. The van der Waals surface area contributed by atoms with Crippen molar-refractivity contribution in [2.45, 2.75) is 59.8 Å². The van der Waals surface area contributed by atoms with Gasteiger partial charge in [-0.25, -0.2) is 0 Å². The first-order chi connectivity index (χ1) is 9.00. The molecule has 1 saturated carbocycles. The topological polar surface area (TPSA) is 20.3 Å². The summed E-state index contributed by atoms with van der Waals surface area (Å²) in [6.45, 7) is 10.8. The van der Waals surface area contributed by atoms with E-state index in [1.165, 1.54) is 32.1 Å². The molecule has 2 atom stereocenters. The van der Waals surface area contributed by atoms with Crippen LogP contribution in [-0.4, -0.2) is 23.9 Å². The molecule has 2 aliphatic rings. The summed E-state index contributed by atoms with van der Waals surface area (Å²) in [4.78, 5) is 14.0. The van der Waals surface area contributed by atoms with E-state index in [1.54, 1.807) is 0 Å². The number of carbonyl (C=O) groups excluding carboxylic acids is 1. The summed E-state index contributed by atoms with van der Waals surface area (Å²) in [7, 11) is 0. The van der Waals surface area contributed by atoms with E-state index in [9.17, 15) is 4.79 Å². The van der Waals surface area contributed by atoms with Crippen LogP contribution in [0.25, 0.3) is 0 Å². The van der Waals surface area contributed by atoms with E-state index < -0.39 is 0 Å². The van der Waals surface area contributed by atoms with Gasteiger partial charge in [0.05, 0.1) is 0 Å². The molecule has 1 saturated heterocycles. The second-order valence-corrected chi connectivity index (χ2v) is 7.24. The van der Waals surface area contributed by atoms with Gasteiger partial charge in [-0.15, -0.1) is 0 Å². The molecule has 2 unspecified atom stereocenters. The van der Waals surface area contributed by atoms with Gasteiger partial charge in [0.2, 0.25) is 5.91 Å². The van der Waals surface area contributed by atoms with E-state index in [-0.39, 0.29) is 5.92 Å². The van der Waals surface area contributed by atoms with Gasteiger partial charge in [0.15, 0.2) is 0 Å². The van der Waals surface area contributed by atoms with Crippen LogP contribution >= 0.6 is 0 Å². The zero-order valence-electron chi connectivity index (χ0n) is 13.2. The molecule has 1 amide bonds. The molecule has 1 aliphatic heterocycles. The monoisotopic (exact) mass is 265 g/mol. The fourth-order valence-corrected chi connectivity index (χ4v) is 3.74. The van der Waals surface area contributed by atoms with E-state index in [4.69, 9.17) is 0 Å². The third kappa shape index (κ3) is 3.73. The third-order valence-electron chi connectivity index (χ3n) is 5.61. The molecule has 0 bridgehead atoms. The quantitative estimate of drug-likeness (QED) is 0.737. The van der Waals surface area contributed by atoms with Crippen LogP contribution in [0.15, 0.2) is 0 Å². The molecule has 0 aromatic rings. The SMILES string of the molecule is CC(C)C(=O)N1CCC(CCCC2C(C)C2C)CC1. The molecular weight excluding hydrogens is 234 g/mol. The molecule has 1 aliphatic carbocycles. The molecule has 19 heavy (non-hydrogen) atoms. The van der Waals surface area contributed by atoms with Crippen molar-refractivity contribution in [3.63, 3.8) is 0 Å². The highest BCUT2D eigenvalue weighted by Crippen LogP contribution is 2.48. The van der Waals surface area contributed by atoms with Crippen LogP contribution in [0.3, 0.4) is 0 Å². The van der Waals surface area contributed by atoms with Gasteiger partial charge in [-0.2, -0.15) is 0 Å². The first kappa shape index (κ1) is 14.9. The Morgan fingerprint density at radius 2 is 1.68 bits per heavy atom. The maximum absolute atomic E-state index is 11.9. The molecule has 0 aromatic carbocycles. The number of hydrogen-bond acceptors (Lipinski definition) is 1. The molecule has 2 rings (SSSR count). The minimum atomic E-state index is 0.161. The Labute approximate surface area is 118 Å². The minimum absolute atomic E-state index is 0.161. The highest BCUT2D eigenvalue weighted by molar-refractivity contribution is 5.78. The Kier molecular flexibility index (Phi) is 4.92. The van der Waals surface area contributed by atoms with Gasteiger partial charge in [-0.1, -0.05) is 40.5 Å². The molecule has 110 valence electrons. The number of rotatable bonds is 5. The van der Waals surface area contributed by atoms with Gasteiger partial charge >= 0.3 is 0 Å². The molecule has 1 heterocycles. The standard InChI is InChI=1S/C17H31NO/c1-12(2)17(19)18-10-8-15(9-11-18)6-5-7-16-13(3)14(16)4/h12-16H,5-11H2,1-4H3. The largest absolute Gasteiger partial charge is 0.342 e. The Balaban J connectivity index is 1.60. The smallest absolute Gasteiger partial charge is 0.225 e. The highest BCUT2D eigenvalue weighted by Gasteiger charge is 2.41. The number of carbonyl (C=O) groups is 1. The van der Waals surface area contributed by atoms with Crippen LogP contribution in [0.1, 0.15) is 59.8 Å². The Bertz CT molecular complexity index is 296. The van der Waals surface area contributed by atoms with Crippen molar-refractivity contribution in [3.05, 3.63) is 0 Å². The molecule has 2 nitrogen and oxygen atoms in total. The predicted octanol–water partition coefficient (Wildman–Crippen LogP) is 3.95. The molecule has 2 fully saturated rings. The number of nitrogens with zero attached hydrogens (tertiary/aromatic N) is 1. The van der Waals surface area contributed by atoms with Gasteiger partial charge < -0.3 is 4.90 Å². The van der Waals surface area contributed by atoms with E-state index in [1.807, 2.05) is 13.8 Å². The summed E-state index contributed by atoms with van der Waals surface area (Å²) < 4.78 is 0. The van der Waals surface area contributed by atoms with Crippen LogP contribution in [0.2, 0.25) is 0 Å². The average Bonchev–Trinajstić information content (AvgIpc) is 2.97. The second kappa shape index (κ2) is 6.28. The highest BCUT2D eigenvalue weighted by atomic mass is 16.2. The van der Waals surface area contributed by atoms with Crippen molar-refractivity contribution in [2.24, 2.45) is 29.6 Å². The van der Waals surface area contributed by atoms with Crippen LogP contribution in [0.4, 0.5) is 0 Å². The average molecular weight is 265 g/mol. The lowest BCUT2D eigenvalue weighted by molar-refractivity contribution is -0.135. The van der Waals surface area contributed by atoms with Crippen molar-refractivity contribution in [3.8, 4) is 0 Å². The molecule has 0 N–H and O–H groups in total. The minimum Gasteiger partial charge on any atom is -0.342 e. The van der Waals surface area contributed by atoms with Gasteiger partial charge in [0.25, 0.3) is 0 Å². The van der Waals surface area contributed by atoms with Gasteiger partial charge in [0.1, 0.15) is 0 Å².